The Morgan fingerprint density at radius 1 is 0.500 bits per heavy atom. The second kappa shape index (κ2) is 6.85. The molecule has 0 radical (unpaired) electrons. The molecule has 1 aromatic heterocycles. The van der Waals surface area contributed by atoms with Crippen LogP contribution in [0.2, 0.25) is 0 Å². The van der Waals surface area contributed by atoms with E-state index < -0.39 is 7.53 Å². The van der Waals surface area contributed by atoms with Gasteiger partial charge in [0.15, 0.2) is 0 Å². The molecular formula is C30H20NP. The van der Waals surface area contributed by atoms with E-state index in [2.05, 4.69) is 126 Å². The average molecular weight is 425 g/mol. The Morgan fingerprint density at radius 3 is 2.06 bits per heavy atom. The van der Waals surface area contributed by atoms with E-state index in [1.54, 1.807) is 0 Å². The minimum atomic E-state index is -0.564. The van der Waals surface area contributed by atoms with E-state index in [1.165, 1.54) is 54.5 Å². The zero-order chi connectivity index (χ0) is 21.1. The third-order valence-corrected chi connectivity index (χ3v) is 9.14. The van der Waals surface area contributed by atoms with E-state index in [4.69, 9.17) is 0 Å². The average Bonchev–Trinajstić information content (AvgIpc) is 3.21. The maximum Gasteiger partial charge on any atom is 0.0583 e. The van der Waals surface area contributed by atoms with Crippen LogP contribution in [-0.4, -0.2) is 0 Å². The molecule has 1 aliphatic rings. The largest absolute Gasteiger partial charge is 0.309 e. The molecular weight excluding hydrogens is 405 g/mol. The lowest BCUT2D eigenvalue weighted by Crippen LogP contribution is -2.12. The zero-order valence-corrected chi connectivity index (χ0v) is 18.3. The molecule has 0 fully saturated rings. The first-order valence-corrected chi connectivity index (χ1v) is 12.3. The highest BCUT2D eigenvalue weighted by Crippen LogP contribution is 2.65. The quantitative estimate of drug-likeness (QED) is 0.267. The fraction of sp³-hybridized carbons (Fsp3) is 0. The first-order chi connectivity index (χ1) is 15.9. The SMILES string of the molecule is c1ccc(-c2ccc3c(c2)c2cccc4c2p3-c2ccccc2N4c2ccccc2)cc1. The molecule has 6 aromatic rings. The summed E-state index contributed by atoms with van der Waals surface area (Å²) in [6.07, 6.45) is 0. The fourth-order valence-electron chi connectivity index (χ4n) is 5.12. The number of rotatable bonds is 2. The van der Waals surface area contributed by atoms with Gasteiger partial charge in [-0.15, -0.1) is 0 Å². The normalized spacial score (nSPS) is 12.9. The summed E-state index contributed by atoms with van der Waals surface area (Å²) in [5, 5.41) is 7.18. The van der Waals surface area contributed by atoms with Crippen LogP contribution in [0.1, 0.15) is 0 Å². The highest BCUT2D eigenvalue weighted by molar-refractivity contribution is 7.68. The lowest BCUT2D eigenvalue weighted by atomic mass is 10.0. The fourth-order valence-corrected chi connectivity index (χ4v) is 7.99. The highest BCUT2D eigenvalue weighted by atomic mass is 31.1. The van der Waals surface area contributed by atoms with E-state index in [0.717, 1.165) is 0 Å². The molecule has 0 spiro atoms. The number of benzene rings is 5. The maximum absolute atomic E-state index is 2.44. The Bertz CT molecular complexity index is 1610. The smallest absolute Gasteiger partial charge is 0.0583 e. The van der Waals surface area contributed by atoms with E-state index in [1.807, 2.05) is 0 Å². The summed E-state index contributed by atoms with van der Waals surface area (Å²) in [5.74, 6) is 0. The van der Waals surface area contributed by atoms with E-state index in [-0.39, 0.29) is 0 Å². The molecule has 1 atom stereocenters. The van der Waals surface area contributed by atoms with Crippen molar-refractivity contribution in [3.05, 3.63) is 121 Å². The van der Waals surface area contributed by atoms with Crippen LogP contribution in [-0.2, 0) is 0 Å². The van der Waals surface area contributed by atoms with Crippen LogP contribution < -0.4 is 4.90 Å². The van der Waals surface area contributed by atoms with Crippen LogP contribution in [0.3, 0.4) is 0 Å². The molecule has 0 bridgehead atoms. The molecule has 1 aliphatic heterocycles. The van der Waals surface area contributed by atoms with Gasteiger partial charge in [-0.05, 0) is 64.4 Å². The van der Waals surface area contributed by atoms with Crippen LogP contribution >= 0.6 is 7.53 Å². The van der Waals surface area contributed by atoms with Gasteiger partial charge >= 0.3 is 0 Å². The number of anilines is 3. The van der Waals surface area contributed by atoms with Crippen LogP contribution in [0, 0.1) is 0 Å². The van der Waals surface area contributed by atoms with Crippen molar-refractivity contribution in [2.75, 3.05) is 4.90 Å². The first-order valence-electron chi connectivity index (χ1n) is 11.0. The number of para-hydroxylation sites is 2. The van der Waals surface area contributed by atoms with Gasteiger partial charge in [0.1, 0.15) is 0 Å². The summed E-state index contributed by atoms with van der Waals surface area (Å²) in [7, 11) is -0.564. The van der Waals surface area contributed by atoms with Crippen molar-refractivity contribution >= 4 is 45.6 Å². The van der Waals surface area contributed by atoms with Gasteiger partial charge < -0.3 is 4.90 Å². The van der Waals surface area contributed by atoms with Gasteiger partial charge in [-0.2, -0.15) is 0 Å². The monoisotopic (exact) mass is 425 g/mol. The molecule has 2 heteroatoms. The van der Waals surface area contributed by atoms with Crippen molar-refractivity contribution in [1.29, 1.82) is 0 Å². The molecule has 1 nitrogen and oxygen atoms in total. The van der Waals surface area contributed by atoms with Gasteiger partial charge in [0.25, 0.3) is 0 Å². The van der Waals surface area contributed by atoms with Crippen LogP contribution in [0.15, 0.2) is 121 Å². The molecule has 0 aliphatic carbocycles. The summed E-state index contributed by atoms with van der Waals surface area (Å²) in [6.45, 7) is 0. The van der Waals surface area contributed by atoms with Gasteiger partial charge in [0.05, 0.1) is 11.4 Å². The van der Waals surface area contributed by atoms with Crippen molar-refractivity contribution in [3.8, 4) is 16.4 Å². The van der Waals surface area contributed by atoms with Crippen molar-refractivity contribution in [1.82, 2.24) is 0 Å². The molecule has 5 aromatic carbocycles. The van der Waals surface area contributed by atoms with Crippen molar-refractivity contribution in [3.63, 3.8) is 0 Å². The Kier molecular flexibility index (Phi) is 3.82. The molecule has 2 heterocycles. The Balaban J connectivity index is 1.60. The van der Waals surface area contributed by atoms with Gasteiger partial charge in [-0.1, -0.05) is 86.4 Å². The summed E-state index contributed by atoms with van der Waals surface area (Å²) in [6, 6.07) is 44.3. The summed E-state index contributed by atoms with van der Waals surface area (Å²) < 4.78 is 0. The number of fused-ring (bicyclic) bond motifs is 5. The van der Waals surface area contributed by atoms with Gasteiger partial charge in [0.2, 0.25) is 0 Å². The minimum absolute atomic E-state index is 0.564. The van der Waals surface area contributed by atoms with Crippen molar-refractivity contribution < 1.29 is 0 Å². The van der Waals surface area contributed by atoms with Crippen LogP contribution in [0.4, 0.5) is 17.1 Å². The maximum atomic E-state index is 2.44. The number of hydrogen-bond acceptors (Lipinski definition) is 1. The van der Waals surface area contributed by atoms with E-state index in [9.17, 15) is 0 Å². The minimum Gasteiger partial charge on any atom is -0.309 e. The second-order valence-electron chi connectivity index (χ2n) is 8.27. The van der Waals surface area contributed by atoms with E-state index >= 15 is 0 Å². The predicted molar refractivity (Wildman–Crippen MR) is 139 cm³/mol. The molecule has 0 amide bonds. The van der Waals surface area contributed by atoms with Gasteiger partial charge in [0, 0.05) is 21.2 Å². The van der Waals surface area contributed by atoms with E-state index in [0.29, 0.717) is 0 Å². The van der Waals surface area contributed by atoms with Crippen molar-refractivity contribution in [2.24, 2.45) is 0 Å². The molecule has 0 saturated heterocycles. The third-order valence-electron chi connectivity index (χ3n) is 6.49. The first kappa shape index (κ1) is 17.8. The molecule has 7 rings (SSSR count). The van der Waals surface area contributed by atoms with Crippen LogP contribution in [0.25, 0.3) is 37.4 Å². The summed E-state index contributed by atoms with van der Waals surface area (Å²) >= 11 is 0. The van der Waals surface area contributed by atoms with Gasteiger partial charge in [-0.25, -0.2) is 0 Å². The Morgan fingerprint density at radius 2 is 1.22 bits per heavy atom. The standard InChI is InChI=1S/C30H20NP/c1-3-10-21(11-4-1)22-18-19-28-25(20-22)24-14-9-16-27-30(24)32(28)29-17-8-7-15-26(29)31(27)23-12-5-2-6-13-23/h1-20H. The molecule has 0 N–H and O–H groups in total. The molecule has 1 unspecified atom stereocenters. The molecule has 150 valence electrons. The molecule has 0 saturated carbocycles. The van der Waals surface area contributed by atoms with Crippen molar-refractivity contribution in [2.45, 2.75) is 0 Å². The van der Waals surface area contributed by atoms with Gasteiger partial charge in [-0.3, -0.25) is 0 Å². The number of hydrogen-bond donors (Lipinski definition) is 0. The summed E-state index contributed by atoms with van der Waals surface area (Å²) in [4.78, 5) is 2.44. The predicted octanol–water partition coefficient (Wildman–Crippen LogP) is 9.42. The zero-order valence-electron chi connectivity index (χ0n) is 17.4. The van der Waals surface area contributed by atoms with Crippen LogP contribution in [0.5, 0.6) is 0 Å². The Labute approximate surface area is 188 Å². The Hall–Kier alpha value is -3.80. The highest BCUT2D eigenvalue weighted by Gasteiger charge is 2.28. The lowest BCUT2D eigenvalue weighted by Gasteiger charge is -2.32. The second-order valence-corrected chi connectivity index (χ2v) is 10.3. The summed E-state index contributed by atoms with van der Waals surface area (Å²) in [5.41, 5.74) is 6.38. The molecule has 32 heavy (non-hydrogen) atoms. The number of nitrogens with zero attached hydrogens (tertiary/aromatic N) is 1. The topological polar surface area (TPSA) is 3.24 Å². The third kappa shape index (κ3) is 2.46. The lowest BCUT2D eigenvalue weighted by molar-refractivity contribution is 1.31.